The fourth-order valence-corrected chi connectivity index (χ4v) is 3.83. The number of halogens is 1. The average Bonchev–Trinajstić information content (AvgIpc) is 2.81. The molecule has 3 rings (SSSR count). The fraction of sp³-hybridized carbons (Fsp3) is 0.375. The maximum Gasteiger partial charge on any atom is 0.162 e. The minimum absolute atomic E-state index is 0.309. The molecule has 7 heteroatoms. The van der Waals surface area contributed by atoms with Crippen molar-refractivity contribution in [2.45, 2.75) is 6.42 Å². The lowest BCUT2D eigenvalue weighted by Gasteiger charge is -2.24. The zero-order valence-electron chi connectivity index (χ0n) is 12.8. The standard InChI is InChI=1S/C16H17ClN4OS/c1-22-13-5-3-12(4-6-13)20-7-2-8-21(10-9-20)16-14(11-18)15(17)19-23-16/h3-6H,2,7-10H2,1H3. The summed E-state index contributed by atoms with van der Waals surface area (Å²) in [5.41, 5.74) is 1.69. The van der Waals surface area contributed by atoms with E-state index in [1.54, 1.807) is 7.11 Å². The van der Waals surface area contributed by atoms with Gasteiger partial charge in [0, 0.05) is 31.9 Å². The molecule has 0 N–H and O–H groups in total. The van der Waals surface area contributed by atoms with Crippen molar-refractivity contribution in [2.75, 3.05) is 43.1 Å². The number of rotatable bonds is 3. The van der Waals surface area contributed by atoms with Crippen molar-refractivity contribution in [3.8, 4) is 11.8 Å². The number of nitriles is 1. The van der Waals surface area contributed by atoms with Gasteiger partial charge < -0.3 is 14.5 Å². The van der Waals surface area contributed by atoms with Gasteiger partial charge in [0.15, 0.2) is 5.15 Å². The number of ether oxygens (including phenoxy) is 1. The minimum Gasteiger partial charge on any atom is -0.497 e. The van der Waals surface area contributed by atoms with Crippen LogP contribution in [0.4, 0.5) is 10.7 Å². The molecule has 0 spiro atoms. The molecule has 1 saturated heterocycles. The van der Waals surface area contributed by atoms with E-state index in [1.165, 1.54) is 17.2 Å². The van der Waals surface area contributed by atoms with Gasteiger partial charge in [0.2, 0.25) is 0 Å². The first-order chi connectivity index (χ1) is 11.2. The van der Waals surface area contributed by atoms with Crippen LogP contribution in [-0.2, 0) is 0 Å². The number of methoxy groups -OCH3 is 1. The second-order valence-corrected chi connectivity index (χ2v) is 6.40. The van der Waals surface area contributed by atoms with Gasteiger partial charge in [-0.2, -0.15) is 9.64 Å². The molecule has 0 bridgehead atoms. The fourth-order valence-electron chi connectivity index (χ4n) is 2.74. The second kappa shape index (κ2) is 7.07. The predicted molar refractivity (Wildman–Crippen MR) is 93.9 cm³/mol. The molecule has 1 aromatic carbocycles. The smallest absolute Gasteiger partial charge is 0.162 e. The largest absolute Gasteiger partial charge is 0.497 e. The maximum absolute atomic E-state index is 9.25. The van der Waals surface area contributed by atoms with Crippen LogP contribution in [0.15, 0.2) is 24.3 Å². The molecule has 23 heavy (non-hydrogen) atoms. The van der Waals surface area contributed by atoms with Crippen LogP contribution in [0.1, 0.15) is 12.0 Å². The third-order valence-electron chi connectivity index (χ3n) is 3.96. The van der Waals surface area contributed by atoms with Crippen LogP contribution < -0.4 is 14.5 Å². The molecule has 1 fully saturated rings. The zero-order chi connectivity index (χ0) is 16.2. The first-order valence-corrected chi connectivity index (χ1v) is 8.57. The third-order valence-corrected chi connectivity index (χ3v) is 5.25. The summed E-state index contributed by atoms with van der Waals surface area (Å²) in [6, 6.07) is 10.3. The van der Waals surface area contributed by atoms with Gasteiger partial charge in [-0.3, -0.25) is 0 Å². The van der Waals surface area contributed by atoms with Crippen molar-refractivity contribution < 1.29 is 4.74 Å². The molecule has 1 aliphatic rings. The Morgan fingerprint density at radius 1 is 1.17 bits per heavy atom. The molecule has 120 valence electrons. The Morgan fingerprint density at radius 2 is 1.87 bits per heavy atom. The lowest BCUT2D eigenvalue weighted by molar-refractivity contribution is 0.415. The van der Waals surface area contributed by atoms with E-state index in [1.807, 2.05) is 12.1 Å². The quantitative estimate of drug-likeness (QED) is 0.851. The number of hydrogen-bond acceptors (Lipinski definition) is 6. The molecule has 0 amide bonds. The third kappa shape index (κ3) is 3.36. The Morgan fingerprint density at radius 3 is 2.57 bits per heavy atom. The van der Waals surface area contributed by atoms with Gasteiger partial charge in [-0.15, -0.1) is 0 Å². The van der Waals surface area contributed by atoms with Crippen LogP contribution in [0.25, 0.3) is 0 Å². The first-order valence-electron chi connectivity index (χ1n) is 7.42. The van der Waals surface area contributed by atoms with E-state index in [0.717, 1.165) is 43.4 Å². The van der Waals surface area contributed by atoms with E-state index in [0.29, 0.717) is 10.7 Å². The highest BCUT2D eigenvalue weighted by Gasteiger charge is 2.21. The van der Waals surface area contributed by atoms with Crippen molar-refractivity contribution in [2.24, 2.45) is 0 Å². The van der Waals surface area contributed by atoms with Gasteiger partial charge in [0.1, 0.15) is 22.4 Å². The van der Waals surface area contributed by atoms with E-state index in [2.05, 4.69) is 32.4 Å². The molecular formula is C16H17ClN4OS. The van der Waals surface area contributed by atoms with Crippen LogP contribution in [0.3, 0.4) is 0 Å². The molecule has 5 nitrogen and oxygen atoms in total. The summed E-state index contributed by atoms with van der Waals surface area (Å²) >= 11 is 7.29. The lowest BCUT2D eigenvalue weighted by Crippen LogP contribution is -2.30. The van der Waals surface area contributed by atoms with Gasteiger partial charge in [-0.05, 0) is 42.2 Å². The molecule has 0 radical (unpaired) electrons. The Bertz CT molecular complexity index is 710. The SMILES string of the molecule is COc1ccc(N2CCCN(c3snc(Cl)c3C#N)CC2)cc1. The molecule has 2 aromatic rings. The van der Waals surface area contributed by atoms with Crippen LogP contribution in [-0.4, -0.2) is 37.7 Å². The monoisotopic (exact) mass is 348 g/mol. The Balaban J connectivity index is 1.73. The summed E-state index contributed by atoms with van der Waals surface area (Å²) in [4.78, 5) is 4.57. The molecular weight excluding hydrogens is 332 g/mol. The van der Waals surface area contributed by atoms with Crippen molar-refractivity contribution in [1.29, 1.82) is 5.26 Å². The minimum atomic E-state index is 0.309. The highest BCUT2D eigenvalue weighted by Crippen LogP contribution is 2.32. The van der Waals surface area contributed by atoms with Gasteiger partial charge in [0.25, 0.3) is 0 Å². The van der Waals surface area contributed by atoms with E-state index in [9.17, 15) is 5.26 Å². The molecule has 0 aliphatic carbocycles. The number of nitrogens with zero attached hydrogens (tertiary/aromatic N) is 4. The Kier molecular flexibility index (Phi) is 4.89. The summed E-state index contributed by atoms with van der Waals surface area (Å²) in [6.45, 7) is 3.63. The molecule has 2 heterocycles. The lowest BCUT2D eigenvalue weighted by atomic mass is 10.2. The number of anilines is 2. The maximum atomic E-state index is 9.25. The van der Waals surface area contributed by atoms with Crippen LogP contribution in [0.2, 0.25) is 5.15 Å². The number of benzene rings is 1. The first kappa shape index (κ1) is 15.9. The van der Waals surface area contributed by atoms with E-state index in [-0.39, 0.29) is 0 Å². The summed E-state index contributed by atoms with van der Waals surface area (Å²) in [5.74, 6) is 0.864. The zero-order valence-corrected chi connectivity index (χ0v) is 14.4. The Labute approximate surface area is 144 Å². The number of aromatic nitrogens is 1. The van der Waals surface area contributed by atoms with E-state index >= 15 is 0 Å². The van der Waals surface area contributed by atoms with Crippen molar-refractivity contribution in [1.82, 2.24) is 4.37 Å². The molecule has 0 unspecified atom stereocenters. The summed E-state index contributed by atoms with van der Waals surface area (Å²) < 4.78 is 9.31. The van der Waals surface area contributed by atoms with E-state index < -0.39 is 0 Å². The predicted octanol–water partition coefficient (Wildman–Crippen LogP) is 3.39. The summed E-state index contributed by atoms with van der Waals surface area (Å²) in [5, 5.41) is 10.4. The summed E-state index contributed by atoms with van der Waals surface area (Å²) in [7, 11) is 1.67. The van der Waals surface area contributed by atoms with Gasteiger partial charge >= 0.3 is 0 Å². The molecule has 0 atom stereocenters. The van der Waals surface area contributed by atoms with Crippen LogP contribution >= 0.6 is 23.1 Å². The van der Waals surface area contributed by atoms with Crippen LogP contribution in [0.5, 0.6) is 5.75 Å². The Hall–Kier alpha value is -1.97. The summed E-state index contributed by atoms with van der Waals surface area (Å²) in [6.07, 6.45) is 1.02. The van der Waals surface area contributed by atoms with Crippen molar-refractivity contribution in [3.05, 3.63) is 35.0 Å². The molecule has 1 aromatic heterocycles. The van der Waals surface area contributed by atoms with Crippen molar-refractivity contribution >= 4 is 33.8 Å². The van der Waals surface area contributed by atoms with Crippen molar-refractivity contribution in [3.63, 3.8) is 0 Å². The normalized spacial score (nSPS) is 15.2. The number of hydrogen-bond donors (Lipinski definition) is 0. The van der Waals surface area contributed by atoms with Gasteiger partial charge in [-0.25, -0.2) is 0 Å². The van der Waals surface area contributed by atoms with Gasteiger partial charge in [0.05, 0.1) is 7.11 Å². The highest BCUT2D eigenvalue weighted by atomic mass is 35.5. The topological polar surface area (TPSA) is 52.4 Å². The second-order valence-electron chi connectivity index (χ2n) is 5.29. The van der Waals surface area contributed by atoms with Gasteiger partial charge in [-0.1, -0.05) is 11.6 Å². The van der Waals surface area contributed by atoms with E-state index in [4.69, 9.17) is 16.3 Å². The highest BCUT2D eigenvalue weighted by molar-refractivity contribution is 7.10. The van der Waals surface area contributed by atoms with Crippen LogP contribution in [0, 0.1) is 11.3 Å². The molecule has 1 aliphatic heterocycles. The average molecular weight is 349 g/mol. The molecule has 0 saturated carbocycles.